The Morgan fingerprint density at radius 3 is 2.28 bits per heavy atom. The lowest BCUT2D eigenvalue weighted by Gasteiger charge is -2.70. The number of hydrogen-bond donors (Lipinski definition) is 1. The van der Waals surface area contributed by atoms with Gasteiger partial charge < -0.3 is 9.84 Å². The van der Waals surface area contributed by atoms with Crippen LogP contribution in [0.1, 0.15) is 99.8 Å². The fourth-order valence-corrected chi connectivity index (χ4v) is 11.1. The van der Waals surface area contributed by atoms with Crippen LogP contribution in [0.3, 0.4) is 0 Å². The second-order valence-electron chi connectivity index (χ2n) is 15.5. The van der Waals surface area contributed by atoms with Crippen molar-refractivity contribution in [2.75, 3.05) is 0 Å². The van der Waals surface area contributed by atoms with E-state index in [4.69, 9.17) is 4.74 Å². The lowest BCUT2D eigenvalue weighted by Crippen LogP contribution is -2.72. The maximum absolute atomic E-state index is 14.5. The Kier molecular flexibility index (Phi) is 4.56. The Morgan fingerprint density at radius 2 is 1.61 bits per heavy atom. The van der Waals surface area contributed by atoms with Crippen LogP contribution in [0.4, 0.5) is 0 Å². The molecule has 2 bridgehead atoms. The van der Waals surface area contributed by atoms with E-state index in [0.29, 0.717) is 6.42 Å². The van der Waals surface area contributed by atoms with Crippen molar-refractivity contribution in [3.8, 4) is 6.07 Å². The van der Waals surface area contributed by atoms with Gasteiger partial charge in [0.15, 0.2) is 11.4 Å². The van der Waals surface area contributed by atoms with E-state index >= 15 is 0 Å². The molecule has 6 rings (SSSR count). The van der Waals surface area contributed by atoms with E-state index in [1.54, 1.807) is 0 Å². The molecule has 1 unspecified atom stereocenters. The fraction of sp³-hybridized carbons (Fsp3) is 0.839. The molecular formula is C31H43NO4. The number of esters is 1. The molecule has 4 saturated carbocycles. The summed E-state index contributed by atoms with van der Waals surface area (Å²) in [4.78, 5) is 28.2. The minimum absolute atomic E-state index is 0.0191. The largest absolute Gasteiger partial charge is 0.449 e. The summed E-state index contributed by atoms with van der Waals surface area (Å²) in [6, 6.07) is 2.40. The van der Waals surface area contributed by atoms with Gasteiger partial charge in [0, 0.05) is 11.3 Å². The molecule has 5 nitrogen and oxygen atoms in total. The second-order valence-corrected chi connectivity index (χ2v) is 15.5. The van der Waals surface area contributed by atoms with E-state index in [2.05, 4.69) is 54.5 Å². The van der Waals surface area contributed by atoms with Gasteiger partial charge in [-0.3, -0.25) is 9.59 Å². The zero-order valence-corrected chi connectivity index (χ0v) is 23.2. The molecular weight excluding hydrogens is 450 g/mol. The summed E-state index contributed by atoms with van der Waals surface area (Å²) in [6.45, 7) is 15.5. The Morgan fingerprint density at radius 1 is 0.944 bits per heavy atom. The Labute approximate surface area is 216 Å². The van der Waals surface area contributed by atoms with Crippen LogP contribution in [0.25, 0.3) is 0 Å². The van der Waals surface area contributed by atoms with Crippen LogP contribution >= 0.6 is 0 Å². The molecule has 0 aromatic heterocycles. The first-order valence-electron chi connectivity index (χ1n) is 14.1. The lowest BCUT2D eigenvalue weighted by molar-refractivity contribution is -0.214. The van der Waals surface area contributed by atoms with E-state index in [0.717, 1.165) is 50.5 Å². The number of allylic oxidation sites excluding steroid dienone is 1. The summed E-state index contributed by atoms with van der Waals surface area (Å²) in [6.07, 6.45) is 7.86. The summed E-state index contributed by atoms with van der Waals surface area (Å²) in [5.74, 6) is -0.520. The molecule has 5 aliphatic carbocycles. The average Bonchev–Trinajstić information content (AvgIpc) is 2.98. The Hall–Kier alpha value is -1.67. The highest BCUT2D eigenvalue weighted by Crippen LogP contribution is 2.79. The molecule has 0 aromatic carbocycles. The highest BCUT2D eigenvalue weighted by molar-refractivity contribution is 6.05. The fourth-order valence-electron chi connectivity index (χ4n) is 11.1. The molecule has 1 spiro atoms. The van der Waals surface area contributed by atoms with Crippen molar-refractivity contribution in [2.24, 2.45) is 50.2 Å². The van der Waals surface area contributed by atoms with Crippen molar-refractivity contribution in [3.63, 3.8) is 0 Å². The van der Waals surface area contributed by atoms with Crippen LogP contribution in [0, 0.1) is 61.6 Å². The van der Waals surface area contributed by atoms with Gasteiger partial charge >= 0.3 is 5.97 Å². The third-order valence-electron chi connectivity index (χ3n) is 13.3. The lowest BCUT2D eigenvalue weighted by atomic mass is 9.33. The molecule has 36 heavy (non-hydrogen) atoms. The number of nitriles is 1. The minimum atomic E-state index is -1.10. The molecule has 6 aliphatic rings. The number of ether oxygens (including phenoxy) is 1. The van der Waals surface area contributed by atoms with Gasteiger partial charge in [0.05, 0.1) is 23.5 Å². The number of carbonyl (C=O) groups is 2. The van der Waals surface area contributed by atoms with Crippen molar-refractivity contribution in [2.45, 2.75) is 112 Å². The van der Waals surface area contributed by atoms with Crippen LogP contribution in [-0.4, -0.2) is 28.6 Å². The van der Waals surface area contributed by atoms with Crippen molar-refractivity contribution < 1.29 is 19.4 Å². The first-order valence-corrected chi connectivity index (χ1v) is 14.1. The van der Waals surface area contributed by atoms with Crippen molar-refractivity contribution in [3.05, 3.63) is 11.6 Å². The number of rotatable bonds is 0. The standard InChI is InChI=1S/C31H43NO4/c1-25(2)10-12-30-13-11-29(7)28(6)9-8-19-26(3,4)23(34)18(17-32)15-27(19,5)20(28)14-22(33)31(29,21(30)16-25)36-24(30)35/h14,18-19,21,23,34H,8-13,15-16H2,1-7H3/t18?,19-,21+,23-,27-,28+,29-,30-,31+/m0/s1. The topological polar surface area (TPSA) is 87.4 Å². The zero-order chi connectivity index (χ0) is 26.3. The second kappa shape index (κ2) is 6.66. The van der Waals surface area contributed by atoms with E-state index in [1.165, 1.54) is 0 Å². The number of nitrogens with zero attached hydrogens (tertiary/aromatic N) is 1. The quantitative estimate of drug-likeness (QED) is 0.434. The molecule has 0 radical (unpaired) electrons. The highest BCUT2D eigenvalue weighted by atomic mass is 16.6. The van der Waals surface area contributed by atoms with Crippen molar-refractivity contribution >= 4 is 11.8 Å². The van der Waals surface area contributed by atoms with Crippen LogP contribution in [0.5, 0.6) is 0 Å². The minimum Gasteiger partial charge on any atom is -0.449 e. The van der Waals surface area contributed by atoms with Gasteiger partial charge in [0.25, 0.3) is 0 Å². The molecule has 0 aromatic rings. The van der Waals surface area contributed by atoms with Gasteiger partial charge in [0.1, 0.15) is 0 Å². The average molecular weight is 494 g/mol. The van der Waals surface area contributed by atoms with E-state index < -0.39 is 33.9 Å². The summed E-state index contributed by atoms with van der Waals surface area (Å²) >= 11 is 0. The number of fused-ring (bicyclic) bond motifs is 4. The third-order valence-corrected chi connectivity index (χ3v) is 13.3. The van der Waals surface area contributed by atoms with Crippen LogP contribution in [0.15, 0.2) is 11.6 Å². The normalized spacial score (nSPS) is 54.1. The highest BCUT2D eigenvalue weighted by Gasteiger charge is 2.82. The maximum atomic E-state index is 14.5. The molecule has 5 fully saturated rings. The first kappa shape index (κ1) is 24.7. The van der Waals surface area contributed by atoms with E-state index in [9.17, 15) is 20.0 Å². The predicted molar refractivity (Wildman–Crippen MR) is 135 cm³/mol. The molecule has 1 N–H and O–H groups in total. The summed E-state index contributed by atoms with van der Waals surface area (Å²) in [7, 11) is 0. The molecule has 0 amide bonds. The number of ketones is 1. The molecule has 9 atom stereocenters. The maximum Gasteiger partial charge on any atom is 0.313 e. The molecule has 1 saturated heterocycles. The molecule has 196 valence electrons. The zero-order valence-electron chi connectivity index (χ0n) is 23.2. The van der Waals surface area contributed by atoms with Crippen LogP contribution in [-0.2, 0) is 14.3 Å². The van der Waals surface area contributed by atoms with Gasteiger partial charge in [-0.15, -0.1) is 0 Å². The smallest absolute Gasteiger partial charge is 0.313 e. The number of aliphatic hydroxyl groups is 1. The SMILES string of the molecule is CC1(C)CC[C@@]23CC[C@@]4(C)[C@]5(C)CC[C@H]6C(C)(C)[C@@H](O)C(C#N)C[C@]6(C)C5=CC(=O)[C@]4(OC2=O)[C@@H]3C1. The van der Waals surface area contributed by atoms with Crippen LogP contribution in [0.2, 0.25) is 0 Å². The van der Waals surface area contributed by atoms with Crippen molar-refractivity contribution in [1.82, 2.24) is 0 Å². The summed E-state index contributed by atoms with van der Waals surface area (Å²) in [5, 5.41) is 21.1. The van der Waals surface area contributed by atoms with Crippen molar-refractivity contribution in [1.29, 1.82) is 5.26 Å². The molecule has 5 heteroatoms. The Balaban J connectivity index is 1.56. The van der Waals surface area contributed by atoms with Gasteiger partial charge in [-0.05, 0) is 85.0 Å². The van der Waals surface area contributed by atoms with Gasteiger partial charge in [-0.25, -0.2) is 0 Å². The third kappa shape index (κ3) is 2.39. The molecule has 1 aliphatic heterocycles. The van der Waals surface area contributed by atoms with Gasteiger partial charge in [0.2, 0.25) is 0 Å². The monoisotopic (exact) mass is 493 g/mol. The number of hydrogen-bond acceptors (Lipinski definition) is 5. The predicted octanol–water partition coefficient (Wildman–Crippen LogP) is 5.76. The van der Waals surface area contributed by atoms with Crippen LogP contribution < -0.4 is 0 Å². The summed E-state index contributed by atoms with van der Waals surface area (Å²) in [5.41, 5.74) is -1.99. The number of carbonyl (C=O) groups excluding carboxylic acids is 2. The molecule has 1 heterocycles. The van der Waals surface area contributed by atoms with E-state index in [1.807, 2.05) is 6.08 Å². The summed E-state index contributed by atoms with van der Waals surface area (Å²) < 4.78 is 6.48. The Bertz CT molecular complexity index is 1150. The van der Waals surface area contributed by atoms with Gasteiger partial charge in [-0.2, -0.15) is 5.26 Å². The van der Waals surface area contributed by atoms with Gasteiger partial charge in [-0.1, -0.05) is 54.0 Å². The first-order chi connectivity index (χ1) is 16.6. The number of aliphatic hydroxyl groups excluding tert-OH is 1. The van der Waals surface area contributed by atoms with E-state index in [-0.39, 0.29) is 39.8 Å².